The lowest BCUT2D eigenvalue weighted by Crippen LogP contribution is -2.12. The molecule has 0 aliphatic heterocycles. The number of hydrogen-bond acceptors (Lipinski definition) is 3. The van der Waals surface area contributed by atoms with Crippen molar-refractivity contribution in [3.05, 3.63) is 0 Å². The molecule has 3 N–H and O–H groups in total. The van der Waals surface area contributed by atoms with Crippen molar-refractivity contribution in [2.75, 3.05) is 19.8 Å². The zero-order chi connectivity index (χ0) is 14.2. The molecule has 0 aromatic carbocycles. The van der Waals surface area contributed by atoms with Crippen molar-refractivity contribution >= 4 is 6.71 Å². The van der Waals surface area contributed by atoms with Gasteiger partial charge in [-0.1, -0.05) is 57.5 Å². The minimum Gasteiger partial charge on any atom is -0.396 e. The first kappa shape index (κ1) is 18.9. The highest BCUT2D eigenvalue weighted by Crippen LogP contribution is 2.18. The molecule has 114 valence electrons. The Balaban J connectivity index is 3.66. The van der Waals surface area contributed by atoms with E-state index in [0.717, 1.165) is 45.2 Å². The van der Waals surface area contributed by atoms with Gasteiger partial charge in [-0.15, -0.1) is 0 Å². The topological polar surface area (TPSA) is 60.7 Å². The second-order valence-corrected chi connectivity index (χ2v) is 5.58. The zero-order valence-corrected chi connectivity index (χ0v) is 12.5. The van der Waals surface area contributed by atoms with Gasteiger partial charge in [0.15, 0.2) is 0 Å². The minimum atomic E-state index is 0.317. The molecule has 0 heterocycles. The monoisotopic (exact) mass is 272 g/mol. The average Bonchev–Trinajstić information content (AvgIpc) is 2.43. The predicted octanol–water partition coefficient (Wildman–Crippen LogP) is 2.97. The Morgan fingerprint density at radius 1 is 0.421 bits per heavy atom. The molecule has 0 bridgehead atoms. The Bertz CT molecular complexity index is 139. The largest absolute Gasteiger partial charge is 0.396 e. The highest BCUT2D eigenvalue weighted by molar-refractivity contribution is 6.58. The van der Waals surface area contributed by atoms with Crippen molar-refractivity contribution in [1.82, 2.24) is 0 Å². The molecule has 0 aromatic heterocycles. The van der Waals surface area contributed by atoms with Crippen molar-refractivity contribution in [2.24, 2.45) is 0 Å². The first-order chi connectivity index (χ1) is 9.35. The van der Waals surface area contributed by atoms with Crippen LogP contribution in [0.3, 0.4) is 0 Å². The third-order valence-electron chi connectivity index (χ3n) is 3.81. The van der Waals surface area contributed by atoms with Gasteiger partial charge in [-0.25, -0.2) is 0 Å². The lowest BCUT2D eigenvalue weighted by molar-refractivity contribution is 0.284. The van der Waals surface area contributed by atoms with Gasteiger partial charge in [0.1, 0.15) is 6.71 Å². The van der Waals surface area contributed by atoms with Crippen LogP contribution in [0.5, 0.6) is 0 Å². The van der Waals surface area contributed by atoms with Gasteiger partial charge in [0.25, 0.3) is 0 Å². The average molecular weight is 272 g/mol. The van der Waals surface area contributed by atoms with Crippen molar-refractivity contribution in [3.63, 3.8) is 0 Å². The molecule has 3 nitrogen and oxygen atoms in total. The van der Waals surface area contributed by atoms with Gasteiger partial charge >= 0.3 is 0 Å². The lowest BCUT2D eigenvalue weighted by atomic mass is 9.41. The van der Waals surface area contributed by atoms with Crippen LogP contribution in [0.2, 0.25) is 19.0 Å². The molecular formula is C15H33BO3. The second kappa shape index (κ2) is 16.0. The Morgan fingerprint density at radius 3 is 1.00 bits per heavy atom. The van der Waals surface area contributed by atoms with E-state index >= 15 is 0 Å². The van der Waals surface area contributed by atoms with Gasteiger partial charge in [-0.3, -0.25) is 0 Å². The fraction of sp³-hybridized carbons (Fsp3) is 1.00. The van der Waals surface area contributed by atoms with Crippen LogP contribution < -0.4 is 0 Å². The van der Waals surface area contributed by atoms with Crippen LogP contribution in [0.1, 0.15) is 57.8 Å². The van der Waals surface area contributed by atoms with Crippen LogP contribution in [0.4, 0.5) is 0 Å². The Kier molecular flexibility index (Phi) is 16.0. The summed E-state index contributed by atoms with van der Waals surface area (Å²) in [6, 6.07) is 0. The summed E-state index contributed by atoms with van der Waals surface area (Å²) in [5.74, 6) is 0. The maximum absolute atomic E-state index is 8.79. The summed E-state index contributed by atoms with van der Waals surface area (Å²) < 4.78 is 0. The Morgan fingerprint density at radius 2 is 0.737 bits per heavy atom. The summed E-state index contributed by atoms with van der Waals surface area (Å²) in [5, 5.41) is 26.4. The quantitative estimate of drug-likeness (QED) is 0.317. The molecule has 0 unspecified atom stereocenters. The van der Waals surface area contributed by atoms with Gasteiger partial charge in [0.05, 0.1) is 0 Å². The summed E-state index contributed by atoms with van der Waals surface area (Å²) in [4.78, 5) is 0. The van der Waals surface area contributed by atoms with Crippen LogP contribution in [0, 0.1) is 0 Å². The molecule has 0 aliphatic rings. The van der Waals surface area contributed by atoms with Crippen LogP contribution in [-0.2, 0) is 0 Å². The van der Waals surface area contributed by atoms with Gasteiger partial charge < -0.3 is 15.3 Å². The van der Waals surface area contributed by atoms with E-state index in [2.05, 4.69) is 0 Å². The van der Waals surface area contributed by atoms with Crippen molar-refractivity contribution in [1.29, 1.82) is 0 Å². The molecule has 0 saturated carbocycles. The highest BCUT2D eigenvalue weighted by atomic mass is 16.3. The summed E-state index contributed by atoms with van der Waals surface area (Å²) >= 11 is 0. The SMILES string of the molecule is OCCCCCB(CCCCCO)CCCCCO. The molecule has 0 amide bonds. The Labute approximate surface area is 119 Å². The van der Waals surface area contributed by atoms with Gasteiger partial charge in [0.2, 0.25) is 0 Å². The van der Waals surface area contributed by atoms with Gasteiger partial charge in [-0.05, 0) is 19.3 Å². The highest BCUT2D eigenvalue weighted by Gasteiger charge is 2.12. The standard InChI is InChI=1S/C15H33BO3/c17-13-7-1-4-10-16(11-5-2-8-14-18)12-6-3-9-15-19/h17-19H,1-15H2. The summed E-state index contributed by atoms with van der Waals surface area (Å²) in [6.45, 7) is 1.75. The molecule has 0 atom stereocenters. The first-order valence-corrected chi connectivity index (χ1v) is 8.17. The first-order valence-electron chi connectivity index (χ1n) is 8.17. The molecule has 0 aromatic rings. The van der Waals surface area contributed by atoms with Crippen LogP contribution in [0.15, 0.2) is 0 Å². The normalized spacial score (nSPS) is 10.9. The minimum absolute atomic E-state index is 0.317. The van der Waals surface area contributed by atoms with E-state index < -0.39 is 0 Å². The lowest BCUT2D eigenvalue weighted by Gasteiger charge is -2.13. The molecular weight excluding hydrogens is 239 g/mol. The molecule has 19 heavy (non-hydrogen) atoms. The van der Waals surface area contributed by atoms with E-state index in [-0.39, 0.29) is 0 Å². The van der Waals surface area contributed by atoms with Gasteiger partial charge in [-0.2, -0.15) is 0 Å². The third kappa shape index (κ3) is 14.2. The molecule has 0 spiro atoms. The summed E-state index contributed by atoms with van der Waals surface area (Å²) in [5.41, 5.74) is 0. The summed E-state index contributed by atoms with van der Waals surface area (Å²) in [7, 11) is 0. The van der Waals surface area contributed by atoms with E-state index in [0.29, 0.717) is 19.8 Å². The van der Waals surface area contributed by atoms with E-state index in [1.165, 1.54) is 38.2 Å². The number of hydrogen-bond donors (Lipinski definition) is 3. The van der Waals surface area contributed by atoms with Crippen LogP contribution in [0.25, 0.3) is 0 Å². The molecule has 0 saturated heterocycles. The maximum atomic E-state index is 8.79. The molecule has 0 radical (unpaired) electrons. The smallest absolute Gasteiger partial charge is 0.139 e. The Hall–Kier alpha value is -0.0551. The fourth-order valence-corrected chi connectivity index (χ4v) is 2.60. The number of aliphatic hydroxyl groups excluding tert-OH is 3. The number of unbranched alkanes of at least 4 members (excludes halogenated alkanes) is 6. The molecule has 0 rings (SSSR count). The van der Waals surface area contributed by atoms with E-state index in [4.69, 9.17) is 15.3 Å². The molecule has 0 fully saturated rings. The number of rotatable bonds is 15. The second-order valence-electron chi connectivity index (χ2n) is 5.58. The maximum Gasteiger partial charge on any atom is 0.139 e. The summed E-state index contributed by atoms with van der Waals surface area (Å²) in [6.07, 6.45) is 13.7. The molecule has 0 aliphatic carbocycles. The van der Waals surface area contributed by atoms with E-state index in [9.17, 15) is 0 Å². The third-order valence-corrected chi connectivity index (χ3v) is 3.81. The van der Waals surface area contributed by atoms with Crippen molar-refractivity contribution in [3.8, 4) is 0 Å². The predicted molar refractivity (Wildman–Crippen MR) is 83.0 cm³/mol. The zero-order valence-electron chi connectivity index (χ0n) is 12.5. The van der Waals surface area contributed by atoms with Crippen molar-refractivity contribution in [2.45, 2.75) is 76.7 Å². The number of aliphatic hydroxyl groups is 3. The van der Waals surface area contributed by atoms with E-state index in [1.54, 1.807) is 0 Å². The van der Waals surface area contributed by atoms with Crippen LogP contribution in [-0.4, -0.2) is 41.9 Å². The molecule has 4 heteroatoms. The van der Waals surface area contributed by atoms with Gasteiger partial charge in [0, 0.05) is 19.8 Å². The fourth-order valence-electron chi connectivity index (χ4n) is 2.60. The van der Waals surface area contributed by atoms with Crippen LogP contribution >= 0.6 is 0 Å². The van der Waals surface area contributed by atoms with E-state index in [1.807, 2.05) is 0 Å². The van der Waals surface area contributed by atoms with Crippen molar-refractivity contribution < 1.29 is 15.3 Å².